The standard InChI is InChI=1S/C15H14FN3O2/c16-12-5-1-3-10(7-12)8-14(20)18-13-6-2-4-11(9-13)15(17)19-21/h1-7,9,21H,8H2,(H2,17,19)(H,18,20). The fourth-order valence-electron chi connectivity index (χ4n) is 1.85. The summed E-state index contributed by atoms with van der Waals surface area (Å²) in [5.41, 5.74) is 7.06. The maximum absolute atomic E-state index is 13.0. The molecule has 0 saturated carbocycles. The van der Waals surface area contributed by atoms with Crippen LogP contribution < -0.4 is 11.1 Å². The van der Waals surface area contributed by atoms with E-state index < -0.39 is 0 Å². The van der Waals surface area contributed by atoms with Gasteiger partial charge in [0.15, 0.2) is 5.84 Å². The van der Waals surface area contributed by atoms with Crippen LogP contribution in [0.2, 0.25) is 0 Å². The molecule has 0 spiro atoms. The zero-order chi connectivity index (χ0) is 15.2. The highest BCUT2D eigenvalue weighted by atomic mass is 19.1. The van der Waals surface area contributed by atoms with Crippen LogP contribution in [0.4, 0.5) is 10.1 Å². The Balaban J connectivity index is 2.06. The lowest BCUT2D eigenvalue weighted by Crippen LogP contribution is -2.16. The average Bonchev–Trinajstić information content (AvgIpc) is 2.46. The van der Waals surface area contributed by atoms with Crippen LogP contribution in [0.1, 0.15) is 11.1 Å². The van der Waals surface area contributed by atoms with E-state index in [0.29, 0.717) is 16.8 Å². The number of amides is 1. The van der Waals surface area contributed by atoms with E-state index in [0.717, 1.165) is 0 Å². The van der Waals surface area contributed by atoms with Crippen molar-refractivity contribution in [2.75, 3.05) is 5.32 Å². The van der Waals surface area contributed by atoms with Gasteiger partial charge in [-0.2, -0.15) is 0 Å². The third kappa shape index (κ3) is 4.04. The molecule has 2 aromatic carbocycles. The molecule has 0 radical (unpaired) electrons. The molecule has 0 aromatic heterocycles. The van der Waals surface area contributed by atoms with Gasteiger partial charge in [-0.15, -0.1) is 0 Å². The minimum absolute atomic E-state index is 0.0452. The van der Waals surface area contributed by atoms with Crippen molar-refractivity contribution in [2.24, 2.45) is 10.9 Å². The monoisotopic (exact) mass is 287 g/mol. The number of oxime groups is 1. The molecule has 4 N–H and O–H groups in total. The largest absolute Gasteiger partial charge is 0.409 e. The fraction of sp³-hybridized carbons (Fsp3) is 0.0667. The van der Waals surface area contributed by atoms with E-state index in [1.807, 2.05) is 0 Å². The Morgan fingerprint density at radius 2 is 2.00 bits per heavy atom. The van der Waals surface area contributed by atoms with Crippen LogP contribution in [-0.2, 0) is 11.2 Å². The second kappa shape index (κ2) is 6.51. The van der Waals surface area contributed by atoms with E-state index in [2.05, 4.69) is 10.5 Å². The van der Waals surface area contributed by atoms with Gasteiger partial charge < -0.3 is 16.3 Å². The second-order valence-corrected chi connectivity index (χ2v) is 4.42. The molecular weight excluding hydrogens is 273 g/mol. The smallest absolute Gasteiger partial charge is 0.228 e. The van der Waals surface area contributed by atoms with E-state index in [1.54, 1.807) is 36.4 Å². The molecule has 0 bridgehead atoms. The molecule has 5 nitrogen and oxygen atoms in total. The summed E-state index contributed by atoms with van der Waals surface area (Å²) in [5.74, 6) is -0.706. The third-order valence-corrected chi connectivity index (χ3v) is 2.80. The van der Waals surface area contributed by atoms with Crippen molar-refractivity contribution >= 4 is 17.4 Å². The zero-order valence-electron chi connectivity index (χ0n) is 11.1. The summed E-state index contributed by atoms with van der Waals surface area (Å²) in [6.07, 6.45) is 0.0611. The molecule has 0 aliphatic carbocycles. The van der Waals surface area contributed by atoms with Gasteiger partial charge in [0.2, 0.25) is 5.91 Å². The maximum atomic E-state index is 13.0. The SMILES string of the molecule is N/C(=N/O)c1cccc(NC(=O)Cc2cccc(F)c2)c1. The Morgan fingerprint density at radius 3 is 2.71 bits per heavy atom. The number of rotatable bonds is 4. The lowest BCUT2D eigenvalue weighted by atomic mass is 10.1. The number of anilines is 1. The van der Waals surface area contributed by atoms with E-state index in [4.69, 9.17) is 10.9 Å². The highest BCUT2D eigenvalue weighted by molar-refractivity contribution is 5.99. The Bertz CT molecular complexity index is 686. The predicted molar refractivity (Wildman–Crippen MR) is 77.7 cm³/mol. The first kappa shape index (κ1) is 14.5. The van der Waals surface area contributed by atoms with E-state index >= 15 is 0 Å². The number of nitrogens with zero attached hydrogens (tertiary/aromatic N) is 1. The Hall–Kier alpha value is -2.89. The van der Waals surface area contributed by atoms with E-state index in [-0.39, 0.29) is 24.0 Å². The predicted octanol–water partition coefficient (Wildman–Crippen LogP) is 2.10. The summed E-state index contributed by atoms with van der Waals surface area (Å²) >= 11 is 0. The summed E-state index contributed by atoms with van der Waals surface area (Å²) in [5, 5.41) is 14.2. The maximum Gasteiger partial charge on any atom is 0.228 e. The van der Waals surface area contributed by atoms with E-state index in [1.165, 1.54) is 12.1 Å². The second-order valence-electron chi connectivity index (χ2n) is 4.42. The summed E-state index contributed by atoms with van der Waals surface area (Å²) in [6, 6.07) is 12.4. The Morgan fingerprint density at radius 1 is 1.24 bits per heavy atom. The van der Waals surface area contributed by atoms with Crippen molar-refractivity contribution in [3.05, 3.63) is 65.5 Å². The van der Waals surface area contributed by atoms with Gasteiger partial charge in [0.05, 0.1) is 6.42 Å². The number of nitrogens with one attached hydrogen (secondary N) is 1. The van der Waals surface area contributed by atoms with Gasteiger partial charge in [-0.1, -0.05) is 29.4 Å². The van der Waals surface area contributed by atoms with Crippen molar-refractivity contribution < 1.29 is 14.4 Å². The van der Waals surface area contributed by atoms with Gasteiger partial charge in [-0.25, -0.2) is 4.39 Å². The van der Waals surface area contributed by atoms with Gasteiger partial charge in [-0.05, 0) is 29.8 Å². The minimum Gasteiger partial charge on any atom is -0.409 e. The fourth-order valence-corrected chi connectivity index (χ4v) is 1.85. The van der Waals surface area contributed by atoms with Crippen LogP contribution >= 0.6 is 0 Å². The van der Waals surface area contributed by atoms with Crippen LogP contribution in [-0.4, -0.2) is 17.0 Å². The topological polar surface area (TPSA) is 87.7 Å². The quantitative estimate of drug-likeness (QED) is 0.348. The molecule has 108 valence electrons. The normalized spacial score (nSPS) is 11.2. The number of hydrogen-bond acceptors (Lipinski definition) is 3. The number of benzene rings is 2. The van der Waals surface area contributed by atoms with Crippen LogP contribution in [0.25, 0.3) is 0 Å². The number of amidine groups is 1. The Kier molecular flexibility index (Phi) is 4.50. The van der Waals surface area contributed by atoms with Crippen LogP contribution in [0, 0.1) is 5.82 Å². The summed E-state index contributed by atoms with van der Waals surface area (Å²) in [4.78, 5) is 11.9. The van der Waals surface area contributed by atoms with Gasteiger partial charge in [0.25, 0.3) is 0 Å². The van der Waals surface area contributed by atoms with Gasteiger partial charge >= 0.3 is 0 Å². The molecular formula is C15H14FN3O2. The van der Waals surface area contributed by atoms with E-state index in [9.17, 15) is 9.18 Å². The zero-order valence-corrected chi connectivity index (χ0v) is 11.1. The first-order chi connectivity index (χ1) is 10.1. The van der Waals surface area contributed by atoms with Gasteiger partial charge in [0.1, 0.15) is 5.82 Å². The van der Waals surface area contributed by atoms with Gasteiger partial charge in [0, 0.05) is 11.3 Å². The number of hydrogen-bond donors (Lipinski definition) is 3. The Labute approximate surface area is 120 Å². The minimum atomic E-state index is -0.380. The highest BCUT2D eigenvalue weighted by Crippen LogP contribution is 2.12. The van der Waals surface area contributed by atoms with Crippen molar-refractivity contribution in [3.8, 4) is 0 Å². The summed E-state index contributed by atoms with van der Waals surface area (Å²) in [6.45, 7) is 0. The molecule has 0 atom stereocenters. The van der Waals surface area contributed by atoms with Crippen LogP contribution in [0.15, 0.2) is 53.7 Å². The molecule has 0 aliphatic rings. The molecule has 2 aromatic rings. The van der Waals surface area contributed by atoms with Crippen molar-refractivity contribution in [1.29, 1.82) is 0 Å². The molecule has 0 heterocycles. The first-order valence-corrected chi connectivity index (χ1v) is 6.21. The van der Waals surface area contributed by atoms with Crippen molar-refractivity contribution in [1.82, 2.24) is 0 Å². The van der Waals surface area contributed by atoms with Crippen LogP contribution in [0.5, 0.6) is 0 Å². The summed E-state index contributed by atoms with van der Waals surface area (Å²) < 4.78 is 13.0. The number of carbonyl (C=O) groups is 1. The molecule has 1 amide bonds. The lowest BCUT2D eigenvalue weighted by Gasteiger charge is -2.07. The van der Waals surface area contributed by atoms with Crippen LogP contribution in [0.3, 0.4) is 0 Å². The molecule has 0 fully saturated rings. The number of halogens is 1. The lowest BCUT2D eigenvalue weighted by molar-refractivity contribution is -0.115. The summed E-state index contributed by atoms with van der Waals surface area (Å²) in [7, 11) is 0. The number of nitrogens with two attached hydrogens (primary N) is 1. The molecule has 0 unspecified atom stereocenters. The van der Waals surface area contributed by atoms with Crippen molar-refractivity contribution in [3.63, 3.8) is 0 Å². The third-order valence-electron chi connectivity index (χ3n) is 2.80. The first-order valence-electron chi connectivity index (χ1n) is 6.21. The number of carbonyl (C=O) groups excluding carboxylic acids is 1. The molecule has 6 heteroatoms. The molecule has 0 aliphatic heterocycles. The van der Waals surface area contributed by atoms with Crippen molar-refractivity contribution in [2.45, 2.75) is 6.42 Å². The van der Waals surface area contributed by atoms with Gasteiger partial charge in [-0.3, -0.25) is 4.79 Å². The molecule has 2 rings (SSSR count). The molecule has 0 saturated heterocycles. The average molecular weight is 287 g/mol. The highest BCUT2D eigenvalue weighted by Gasteiger charge is 2.06. The molecule has 21 heavy (non-hydrogen) atoms.